The standard InChI is InChI=1S/C33H45NO4/c1-3-4-5-6-7-8-9-10-11-12-13-14-21-26-29-31(32(35)37-2)34(33(36)38-29)30(27-22-17-15-18-23-27)28-24-19-16-20-25-28/h15-26,29-31H,3-14H2,1-2H3/b26-21+. The number of cyclic esters (lactones) is 1. The van der Waals surface area contributed by atoms with E-state index in [1.165, 1.54) is 76.2 Å². The molecule has 3 rings (SSSR count). The van der Waals surface area contributed by atoms with Gasteiger partial charge in [0.1, 0.15) is 0 Å². The number of carbonyl (C=O) groups is 2. The van der Waals surface area contributed by atoms with Crippen molar-refractivity contribution in [3.05, 3.63) is 83.9 Å². The Morgan fingerprint density at radius 1 is 0.842 bits per heavy atom. The monoisotopic (exact) mass is 519 g/mol. The molecule has 1 aliphatic heterocycles. The lowest BCUT2D eigenvalue weighted by molar-refractivity contribution is -0.146. The quantitative estimate of drug-likeness (QED) is 0.120. The van der Waals surface area contributed by atoms with Gasteiger partial charge in [-0.2, -0.15) is 0 Å². The van der Waals surface area contributed by atoms with Gasteiger partial charge in [-0.15, -0.1) is 0 Å². The molecular weight excluding hydrogens is 474 g/mol. The fourth-order valence-corrected chi connectivity index (χ4v) is 5.23. The normalized spacial score (nSPS) is 17.3. The molecule has 2 aromatic rings. The van der Waals surface area contributed by atoms with Crippen LogP contribution in [0.4, 0.5) is 4.79 Å². The molecule has 2 aromatic carbocycles. The Balaban J connectivity index is 1.56. The van der Waals surface area contributed by atoms with Crippen molar-refractivity contribution in [1.29, 1.82) is 0 Å². The number of amides is 1. The molecule has 206 valence electrons. The maximum atomic E-state index is 13.2. The topological polar surface area (TPSA) is 55.8 Å². The highest BCUT2D eigenvalue weighted by Gasteiger charge is 2.49. The van der Waals surface area contributed by atoms with Crippen molar-refractivity contribution < 1.29 is 19.1 Å². The molecule has 2 unspecified atom stereocenters. The summed E-state index contributed by atoms with van der Waals surface area (Å²) in [6, 6.07) is 18.2. The maximum Gasteiger partial charge on any atom is 0.412 e. The zero-order valence-corrected chi connectivity index (χ0v) is 23.2. The van der Waals surface area contributed by atoms with E-state index >= 15 is 0 Å². The molecule has 2 atom stereocenters. The molecule has 38 heavy (non-hydrogen) atoms. The van der Waals surface area contributed by atoms with Gasteiger partial charge in [0.25, 0.3) is 0 Å². The van der Waals surface area contributed by atoms with E-state index in [1.807, 2.05) is 72.8 Å². The molecule has 0 spiro atoms. The van der Waals surface area contributed by atoms with Crippen LogP contribution in [0.25, 0.3) is 0 Å². The number of benzene rings is 2. The number of allylic oxidation sites excluding steroid dienone is 1. The third-order valence-corrected chi connectivity index (χ3v) is 7.31. The molecule has 1 saturated heterocycles. The predicted octanol–water partition coefficient (Wildman–Crippen LogP) is 8.40. The zero-order valence-electron chi connectivity index (χ0n) is 23.2. The van der Waals surface area contributed by atoms with E-state index in [0.29, 0.717) is 0 Å². The molecule has 0 aromatic heterocycles. The lowest BCUT2D eigenvalue weighted by Gasteiger charge is -2.31. The smallest absolute Gasteiger partial charge is 0.412 e. The first-order valence-electron chi connectivity index (χ1n) is 14.5. The molecule has 1 heterocycles. The fraction of sp³-hybridized carbons (Fsp3) is 0.515. The summed E-state index contributed by atoms with van der Waals surface area (Å²) in [6.45, 7) is 2.26. The van der Waals surface area contributed by atoms with Crippen LogP contribution in [0, 0.1) is 0 Å². The van der Waals surface area contributed by atoms with E-state index in [4.69, 9.17) is 9.47 Å². The van der Waals surface area contributed by atoms with E-state index in [2.05, 4.69) is 6.92 Å². The van der Waals surface area contributed by atoms with Gasteiger partial charge in [0.2, 0.25) is 0 Å². The van der Waals surface area contributed by atoms with Crippen molar-refractivity contribution in [3.63, 3.8) is 0 Å². The van der Waals surface area contributed by atoms with E-state index in [-0.39, 0.29) is 0 Å². The first-order valence-corrected chi connectivity index (χ1v) is 14.5. The summed E-state index contributed by atoms with van der Waals surface area (Å²) in [5.41, 5.74) is 1.82. The number of rotatable bonds is 17. The van der Waals surface area contributed by atoms with Crippen molar-refractivity contribution >= 4 is 12.1 Å². The van der Waals surface area contributed by atoms with Crippen LogP contribution in [-0.2, 0) is 14.3 Å². The molecule has 0 aliphatic carbocycles. The van der Waals surface area contributed by atoms with Crippen LogP contribution in [0.1, 0.15) is 101 Å². The second-order valence-electron chi connectivity index (χ2n) is 10.2. The Hall–Kier alpha value is -3.08. The van der Waals surface area contributed by atoms with Gasteiger partial charge in [0.05, 0.1) is 13.2 Å². The number of nitrogens with zero attached hydrogens (tertiary/aromatic N) is 1. The molecule has 1 amide bonds. The highest BCUT2D eigenvalue weighted by Crippen LogP contribution is 2.36. The fourth-order valence-electron chi connectivity index (χ4n) is 5.23. The second-order valence-corrected chi connectivity index (χ2v) is 10.2. The third kappa shape index (κ3) is 8.75. The molecule has 5 nitrogen and oxygen atoms in total. The summed E-state index contributed by atoms with van der Waals surface area (Å²) in [6.07, 6.45) is 18.0. The van der Waals surface area contributed by atoms with Crippen molar-refractivity contribution in [2.24, 2.45) is 0 Å². The minimum Gasteiger partial charge on any atom is -0.467 e. The van der Waals surface area contributed by atoms with E-state index in [9.17, 15) is 9.59 Å². The Kier molecular flexibility index (Phi) is 13.0. The van der Waals surface area contributed by atoms with E-state index in [0.717, 1.165) is 24.0 Å². The Labute approximate surface area is 229 Å². The maximum absolute atomic E-state index is 13.2. The number of methoxy groups -OCH3 is 1. The number of hydrogen-bond acceptors (Lipinski definition) is 4. The van der Waals surface area contributed by atoms with Crippen LogP contribution in [-0.4, -0.2) is 36.2 Å². The van der Waals surface area contributed by atoms with Gasteiger partial charge in [0, 0.05) is 0 Å². The highest BCUT2D eigenvalue weighted by molar-refractivity contribution is 5.86. The summed E-state index contributed by atoms with van der Waals surface area (Å²) >= 11 is 0. The van der Waals surface area contributed by atoms with Gasteiger partial charge in [-0.3, -0.25) is 4.90 Å². The minimum atomic E-state index is -0.855. The number of unbranched alkanes of at least 4 members (excludes halogenated alkanes) is 11. The lowest BCUT2D eigenvalue weighted by Crippen LogP contribution is -2.45. The van der Waals surface area contributed by atoms with Crippen LogP contribution < -0.4 is 0 Å². The Morgan fingerprint density at radius 3 is 1.84 bits per heavy atom. The van der Waals surface area contributed by atoms with Gasteiger partial charge in [0.15, 0.2) is 12.1 Å². The summed E-state index contributed by atoms with van der Waals surface area (Å²) in [7, 11) is 1.36. The summed E-state index contributed by atoms with van der Waals surface area (Å²) in [4.78, 5) is 27.7. The van der Waals surface area contributed by atoms with Crippen LogP contribution in [0.3, 0.4) is 0 Å². The molecule has 0 radical (unpaired) electrons. The Bertz CT molecular complexity index is 936. The molecule has 0 bridgehead atoms. The molecule has 1 fully saturated rings. The molecule has 0 N–H and O–H groups in total. The molecule has 1 aliphatic rings. The number of carbonyl (C=O) groups excluding carboxylic acids is 2. The third-order valence-electron chi connectivity index (χ3n) is 7.31. The van der Waals surface area contributed by atoms with E-state index in [1.54, 1.807) is 0 Å². The number of esters is 1. The lowest BCUT2D eigenvalue weighted by atomic mass is 9.95. The van der Waals surface area contributed by atoms with Crippen molar-refractivity contribution in [2.45, 2.75) is 102 Å². The van der Waals surface area contributed by atoms with Gasteiger partial charge in [-0.05, 0) is 30.0 Å². The predicted molar refractivity (Wildman–Crippen MR) is 153 cm³/mol. The summed E-state index contributed by atoms with van der Waals surface area (Å²) in [5, 5.41) is 0. The average molecular weight is 520 g/mol. The van der Waals surface area contributed by atoms with Crippen molar-refractivity contribution in [2.75, 3.05) is 7.11 Å². The molecule has 5 heteroatoms. The number of ether oxygens (including phenoxy) is 2. The first kappa shape index (κ1) is 29.5. The summed E-state index contributed by atoms with van der Waals surface area (Å²) in [5.74, 6) is -0.475. The van der Waals surface area contributed by atoms with Crippen LogP contribution in [0.15, 0.2) is 72.8 Å². The minimum absolute atomic E-state index is 0.459. The largest absolute Gasteiger partial charge is 0.467 e. The second kappa shape index (κ2) is 16.7. The van der Waals surface area contributed by atoms with Crippen molar-refractivity contribution in [3.8, 4) is 0 Å². The van der Waals surface area contributed by atoms with Gasteiger partial charge < -0.3 is 9.47 Å². The molecular formula is C33H45NO4. The van der Waals surface area contributed by atoms with Crippen LogP contribution in [0.5, 0.6) is 0 Å². The Morgan fingerprint density at radius 2 is 1.34 bits per heavy atom. The van der Waals surface area contributed by atoms with Crippen LogP contribution >= 0.6 is 0 Å². The highest BCUT2D eigenvalue weighted by atomic mass is 16.6. The summed E-state index contributed by atoms with van der Waals surface area (Å²) < 4.78 is 10.9. The first-order chi connectivity index (χ1) is 18.7. The van der Waals surface area contributed by atoms with Gasteiger partial charge >= 0.3 is 12.1 Å². The van der Waals surface area contributed by atoms with Crippen LogP contribution in [0.2, 0.25) is 0 Å². The van der Waals surface area contributed by atoms with Gasteiger partial charge in [-0.1, -0.05) is 138 Å². The molecule has 0 saturated carbocycles. The van der Waals surface area contributed by atoms with Crippen molar-refractivity contribution in [1.82, 2.24) is 4.90 Å². The van der Waals surface area contributed by atoms with E-state index < -0.39 is 30.3 Å². The number of hydrogen-bond donors (Lipinski definition) is 0. The van der Waals surface area contributed by atoms with Gasteiger partial charge in [-0.25, -0.2) is 9.59 Å². The zero-order chi connectivity index (χ0) is 27.0. The average Bonchev–Trinajstić information content (AvgIpc) is 3.27. The SMILES string of the molecule is CCCCCCCCCCCCC/C=C/C1OC(=O)N(C(c2ccccc2)c2ccccc2)C1C(=O)OC.